The van der Waals surface area contributed by atoms with Gasteiger partial charge in [0.1, 0.15) is 54.2 Å². The van der Waals surface area contributed by atoms with E-state index >= 15 is 0 Å². The molecule has 0 aliphatic carbocycles. The lowest BCUT2D eigenvalue weighted by Crippen LogP contribution is -2.50. The van der Waals surface area contributed by atoms with Gasteiger partial charge in [-0.05, 0) is 47.6 Å². The van der Waals surface area contributed by atoms with Crippen molar-refractivity contribution in [3.63, 3.8) is 0 Å². The number of ether oxygens (including phenoxy) is 4. The number of methoxy groups -OCH3 is 2. The van der Waals surface area contributed by atoms with Crippen LogP contribution < -0.4 is 43.4 Å². The number of Topliss-reactive ketones (excluding diaryl/α,β-unsaturated/α-hetero) is 3. The molecule has 35 heteroatoms. The second-order valence-electron chi connectivity index (χ2n) is 24.1. The Morgan fingerprint density at radius 1 is 0.578 bits per heavy atom. The van der Waals surface area contributed by atoms with Crippen LogP contribution in [0, 0.1) is 5.92 Å². The molecule has 2 atom stereocenters. The Balaban J connectivity index is 0.000000308. The van der Waals surface area contributed by atoms with Gasteiger partial charge in [-0.25, -0.2) is 9.59 Å². The maximum absolute atomic E-state index is 12.9. The molecular formula is C67H88N16O18S. The van der Waals surface area contributed by atoms with Gasteiger partial charge >= 0.3 is 35.3 Å². The van der Waals surface area contributed by atoms with Crippen LogP contribution in [-0.2, 0) is 83.4 Å². The number of aryl methyl sites for hydroxylation is 2. The van der Waals surface area contributed by atoms with E-state index in [2.05, 4.69) is 41.8 Å². The van der Waals surface area contributed by atoms with E-state index in [1.54, 1.807) is 26.7 Å². The number of carbonyl (C=O) groups is 10. The van der Waals surface area contributed by atoms with Gasteiger partial charge in [0.25, 0.3) is 0 Å². The van der Waals surface area contributed by atoms with Crippen LogP contribution in [0.15, 0.2) is 70.8 Å². The van der Waals surface area contributed by atoms with Gasteiger partial charge in [0.05, 0.1) is 32.2 Å². The third kappa shape index (κ3) is 24.2. The summed E-state index contributed by atoms with van der Waals surface area (Å²) in [5.74, 6) is -4.26. The number of piperazine rings is 2. The lowest BCUT2D eigenvalue weighted by atomic mass is 9.99. The third-order valence-electron chi connectivity index (χ3n) is 16.8. The minimum Gasteiger partial charge on any atom is -0.480 e. The lowest BCUT2D eigenvalue weighted by molar-refractivity contribution is -0.139. The molecule has 2 unspecified atom stereocenters. The molecule has 6 heterocycles. The molecule has 8 rings (SSSR count). The number of thioether (sulfide) groups is 1. The van der Waals surface area contributed by atoms with Crippen LogP contribution in [0.1, 0.15) is 86.5 Å². The zero-order valence-electron chi connectivity index (χ0n) is 57.1. The summed E-state index contributed by atoms with van der Waals surface area (Å²) in [5.41, 5.74) is 21.6. The van der Waals surface area contributed by atoms with Gasteiger partial charge < -0.3 is 81.2 Å². The van der Waals surface area contributed by atoms with Gasteiger partial charge in [-0.1, -0.05) is 55.1 Å². The summed E-state index contributed by atoms with van der Waals surface area (Å²) in [4.78, 5) is 176. The van der Waals surface area contributed by atoms with Crippen molar-refractivity contribution < 1.29 is 77.1 Å². The number of fused-ring (bicyclic) bond motifs is 2. The number of rotatable bonds is 39. The average molecular weight is 1440 g/mol. The van der Waals surface area contributed by atoms with E-state index < -0.39 is 42.0 Å². The number of nitrogens with zero attached hydrogens (tertiary/aromatic N) is 10. The van der Waals surface area contributed by atoms with E-state index in [0.717, 1.165) is 22.3 Å². The standard InChI is InChI=1S/C39H53N9O12S.C28H35N7O6/c1-59-17-18-60-38-44-34(41)33-35(45-38)48(39(58)43-33)22-25-4-2-24(3-5-25)6-7-27(49)9-11-30(51)46-13-15-47(16-14-46)31(52)12-19-61-23-26(36(55)42-21-32(53)54)20-28(50)8-10-29(40)37(56)57;1-3-22(37)33-12-14-34(15-13-33)23(38)11-10-21(36)9-8-19-4-6-20(7-5-19)18-35-26-24(30-28(35)39)25(29)31-27(32-26)41-17-16-40-2/h2-5,26,29H,6-23,40H2,1H3,(H,42,55)(H,43,58)(H,53,54)(H,56,57)(H2,41,44,45);3-7H,1,8-18H2,2H3,(H,30,39)(H2,29,31,32). The minimum absolute atomic E-state index is 0.0223. The van der Waals surface area contributed by atoms with Crippen molar-refractivity contribution >= 4 is 105 Å². The molecule has 11 N–H and O–H groups in total. The van der Waals surface area contributed by atoms with Crippen LogP contribution in [0.25, 0.3) is 22.3 Å². The van der Waals surface area contributed by atoms with Gasteiger partial charge in [0, 0.05) is 136 Å². The number of ketones is 3. The summed E-state index contributed by atoms with van der Waals surface area (Å²) in [6.45, 7) is 7.65. The number of carboxylic acid groups (broad SMARTS) is 2. The van der Waals surface area contributed by atoms with Gasteiger partial charge in [-0.2, -0.15) is 31.7 Å². The topological polar surface area (TPSA) is 478 Å². The molecule has 4 aromatic heterocycles. The first-order valence-corrected chi connectivity index (χ1v) is 34.4. The molecule has 102 heavy (non-hydrogen) atoms. The molecule has 34 nitrogen and oxygen atoms in total. The zero-order valence-corrected chi connectivity index (χ0v) is 57.9. The summed E-state index contributed by atoms with van der Waals surface area (Å²) < 4.78 is 23.8. The number of nitrogens with one attached hydrogen (secondary N) is 3. The smallest absolute Gasteiger partial charge is 0.328 e. The average Bonchev–Trinajstić information content (AvgIpc) is 1.64. The Morgan fingerprint density at radius 2 is 1.00 bits per heavy atom. The van der Waals surface area contributed by atoms with E-state index in [-0.39, 0.29) is 160 Å². The molecule has 6 aromatic rings. The van der Waals surface area contributed by atoms with Crippen molar-refractivity contribution in [1.29, 1.82) is 0 Å². The number of aromatic amines is 2. The van der Waals surface area contributed by atoms with Crippen LogP contribution >= 0.6 is 11.8 Å². The number of H-pyrrole nitrogens is 2. The molecule has 2 aromatic carbocycles. The van der Waals surface area contributed by atoms with Crippen molar-refractivity contribution in [2.75, 3.05) is 123 Å². The minimum atomic E-state index is -1.25. The highest BCUT2D eigenvalue weighted by atomic mass is 32.2. The SMILES string of the molecule is C=CC(=O)N1CCN(C(=O)CCC(=O)CCc2ccc(Cn3c(=O)[nH]c4c(N)nc(OCCOC)nc43)cc2)CC1.COCCOc1nc(N)c2[nH]c(=O)n(Cc3ccc(CCC(=O)CCC(=O)N4CCN(C(=O)CCSCC(CC(=O)CCC(N)C(=O)O)C(=O)NCC(=O)O)CC4)cc3)c2n1. The van der Waals surface area contributed by atoms with E-state index in [4.69, 9.17) is 46.4 Å². The predicted octanol–water partition coefficient (Wildman–Crippen LogP) is 0.734. The third-order valence-corrected chi connectivity index (χ3v) is 18.0. The van der Waals surface area contributed by atoms with Crippen LogP contribution in [0.5, 0.6) is 12.0 Å². The van der Waals surface area contributed by atoms with Crippen molar-refractivity contribution in [2.45, 2.75) is 96.2 Å². The van der Waals surface area contributed by atoms with Crippen LogP contribution in [-0.4, -0.2) is 245 Å². The summed E-state index contributed by atoms with van der Waals surface area (Å²) in [6, 6.07) is 14.0. The lowest BCUT2D eigenvalue weighted by Gasteiger charge is -2.35. The van der Waals surface area contributed by atoms with Crippen molar-refractivity contribution in [2.24, 2.45) is 11.7 Å². The van der Waals surface area contributed by atoms with Crippen molar-refractivity contribution in [3.05, 3.63) is 104 Å². The first-order chi connectivity index (χ1) is 48.9. The van der Waals surface area contributed by atoms with Crippen molar-refractivity contribution in [1.82, 2.24) is 64.0 Å². The number of nitrogen functional groups attached to an aromatic ring is 2. The molecule has 2 aliphatic heterocycles. The normalized spacial score (nSPS) is 13.6. The van der Waals surface area contributed by atoms with Gasteiger partial charge in [0.2, 0.25) is 29.5 Å². The predicted molar refractivity (Wildman–Crippen MR) is 373 cm³/mol. The number of carbonyl (C=O) groups excluding carboxylic acids is 8. The van der Waals surface area contributed by atoms with E-state index in [1.807, 2.05) is 48.5 Å². The monoisotopic (exact) mass is 1440 g/mol. The second-order valence-corrected chi connectivity index (χ2v) is 25.3. The summed E-state index contributed by atoms with van der Waals surface area (Å²) in [7, 11) is 3.09. The molecule has 5 amide bonds. The Bertz CT molecular complexity index is 4050. The van der Waals surface area contributed by atoms with Gasteiger partial charge in [-0.3, -0.25) is 57.1 Å². The highest BCUT2D eigenvalue weighted by molar-refractivity contribution is 7.99. The summed E-state index contributed by atoms with van der Waals surface area (Å²) in [6.07, 6.45) is 3.06. The number of imidazole rings is 2. The fraction of sp³-hybridized carbons (Fsp3) is 0.493. The maximum Gasteiger partial charge on any atom is 0.328 e. The molecule has 0 saturated carbocycles. The van der Waals surface area contributed by atoms with Gasteiger partial charge in [0.15, 0.2) is 22.9 Å². The molecule has 2 fully saturated rings. The van der Waals surface area contributed by atoms with Crippen LogP contribution in [0.4, 0.5) is 11.6 Å². The second kappa shape index (κ2) is 39.6. The summed E-state index contributed by atoms with van der Waals surface area (Å²) in [5, 5.41) is 20.1. The van der Waals surface area contributed by atoms with E-state index in [9.17, 15) is 57.5 Å². The number of nitrogens with two attached hydrogens (primary N) is 3. The highest BCUT2D eigenvalue weighted by Crippen LogP contribution is 2.23. The Kier molecular flexibility index (Phi) is 30.6. The fourth-order valence-electron chi connectivity index (χ4n) is 10.9. The number of carboxylic acids is 2. The molecule has 550 valence electrons. The number of hydrogen-bond acceptors (Lipinski definition) is 24. The maximum atomic E-state index is 12.9. The zero-order chi connectivity index (χ0) is 73.8. The summed E-state index contributed by atoms with van der Waals surface area (Å²) >= 11 is 1.26. The highest BCUT2D eigenvalue weighted by Gasteiger charge is 2.28. The van der Waals surface area contributed by atoms with Crippen molar-refractivity contribution in [3.8, 4) is 12.0 Å². The first kappa shape index (κ1) is 78.9. The number of aromatic nitrogens is 8. The largest absolute Gasteiger partial charge is 0.480 e. The quantitative estimate of drug-likeness (QED) is 0.0195. The Labute approximate surface area is 590 Å². The number of aliphatic carboxylic acids is 2. The molecule has 2 saturated heterocycles. The van der Waals surface area contributed by atoms with Crippen LogP contribution in [0.3, 0.4) is 0 Å². The van der Waals surface area contributed by atoms with E-state index in [0.29, 0.717) is 113 Å². The van der Waals surface area contributed by atoms with E-state index in [1.165, 1.54) is 34.1 Å². The molecule has 0 bridgehead atoms. The fourth-order valence-corrected chi connectivity index (χ4v) is 12.0. The molecule has 0 spiro atoms. The van der Waals surface area contributed by atoms with Gasteiger partial charge in [-0.15, -0.1) is 0 Å². The van der Waals surface area contributed by atoms with Crippen LogP contribution in [0.2, 0.25) is 0 Å². The number of amides is 5. The molecular weight excluding hydrogens is 1350 g/mol. The number of benzene rings is 2. The first-order valence-electron chi connectivity index (χ1n) is 33.2. The Hall–Kier alpha value is -10.4. The Morgan fingerprint density at radius 3 is 1.41 bits per heavy atom. The molecule has 0 radical (unpaired) electrons. The molecule has 2 aliphatic rings. The number of anilines is 2. The number of hydrogen-bond donors (Lipinski definition) is 8.